The number of amidine groups is 1. The molecule has 1 aromatic carbocycles. The van der Waals surface area contributed by atoms with Gasteiger partial charge in [-0.25, -0.2) is 5.06 Å². The smallest absolute Gasteiger partial charge is 0.272 e. The summed E-state index contributed by atoms with van der Waals surface area (Å²) in [5.41, 5.74) is 7.12. The number of nitrogens with zero attached hydrogens (tertiary/aromatic N) is 2. The molecule has 1 amide bonds. The average molecular weight is 393 g/mol. The first kappa shape index (κ1) is 23.5. The summed E-state index contributed by atoms with van der Waals surface area (Å²) >= 11 is 0. The number of allylic oxidation sites excluding steroid dienone is 1. The highest BCUT2D eigenvalue weighted by atomic mass is 16.7. The van der Waals surface area contributed by atoms with Gasteiger partial charge in [0.15, 0.2) is 0 Å². The molecule has 2 rings (SSSR count). The second kappa shape index (κ2) is 10.7. The van der Waals surface area contributed by atoms with Gasteiger partial charge in [-0.15, -0.1) is 0 Å². The molecule has 0 bridgehead atoms. The number of nitrogens with two attached hydrogens (primary N) is 1. The van der Waals surface area contributed by atoms with Crippen molar-refractivity contribution in [3.05, 3.63) is 36.1 Å². The van der Waals surface area contributed by atoms with Crippen molar-refractivity contribution in [2.24, 2.45) is 16.1 Å². The van der Waals surface area contributed by atoms with Crippen LogP contribution < -0.4 is 16.1 Å². The first-order valence-corrected chi connectivity index (χ1v) is 9.71. The minimum absolute atomic E-state index is 0. The molecule has 28 heavy (non-hydrogen) atoms. The molecule has 1 fully saturated rings. The van der Waals surface area contributed by atoms with E-state index in [1.807, 2.05) is 65.9 Å². The summed E-state index contributed by atoms with van der Waals surface area (Å²) < 4.78 is 0. The molecule has 1 aliphatic heterocycles. The molecular formula is C21H36N4O3. The third kappa shape index (κ3) is 6.56. The fourth-order valence-electron chi connectivity index (χ4n) is 2.49. The normalized spacial score (nSPS) is 18.2. The summed E-state index contributed by atoms with van der Waals surface area (Å²) in [6.45, 7) is 10.1. The fourth-order valence-corrected chi connectivity index (χ4v) is 2.49. The second-order valence-corrected chi connectivity index (χ2v) is 7.27. The van der Waals surface area contributed by atoms with Crippen molar-refractivity contribution >= 4 is 23.1 Å². The van der Waals surface area contributed by atoms with Gasteiger partial charge < -0.3 is 16.2 Å². The highest BCUT2D eigenvalue weighted by Crippen LogP contribution is 2.26. The number of carbonyl (C=O) groups is 1. The number of carbonyl (C=O) groups excluding carboxylic acids is 1. The lowest BCUT2D eigenvalue weighted by molar-refractivity contribution is -0.122. The molecular weight excluding hydrogens is 356 g/mol. The molecule has 1 aliphatic rings. The first-order valence-electron chi connectivity index (χ1n) is 9.71. The average Bonchev–Trinajstić information content (AvgIpc) is 2.68. The van der Waals surface area contributed by atoms with E-state index in [2.05, 4.69) is 10.3 Å². The van der Waals surface area contributed by atoms with Crippen LogP contribution in [0.5, 0.6) is 0 Å². The summed E-state index contributed by atoms with van der Waals surface area (Å²) in [5.74, 6) is -0.331. The van der Waals surface area contributed by atoms with Gasteiger partial charge in [0, 0.05) is 25.7 Å². The number of rotatable bonds is 4. The zero-order valence-electron chi connectivity index (χ0n) is 17.8. The molecule has 1 heterocycles. The van der Waals surface area contributed by atoms with Crippen LogP contribution in [0.25, 0.3) is 0 Å². The van der Waals surface area contributed by atoms with Crippen LogP contribution in [0, 0.1) is 5.41 Å². The van der Waals surface area contributed by atoms with Crippen LogP contribution in [0.2, 0.25) is 0 Å². The molecule has 7 nitrogen and oxygen atoms in total. The van der Waals surface area contributed by atoms with E-state index < -0.39 is 17.4 Å². The van der Waals surface area contributed by atoms with Gasteiger partial charge in [-0.1, -0.05) is 34.6 Å². The number of aliphatic hydroxyl groups is 1. The van der Waals surface area contributed by atoms with Crippen molar-refractivity contribution in [3.63, 3.8) is 0 Å². The Hall–Kier alpha value is -2.54. The van der Waals surface area contributed by atoms with Gasteiger partial charge in [0.05, 0.1) is 12.3 Å². The largest absolute Gasteiger partial charge is 0.512 e. The molecule has 0 unspecified atom stereocenters. The van der Waals surface area contributed by atoms with E-state index in [9.17, 15) is 9.90 Å². The molecule has 4 N–H and O–H groups in total. The molecule has 0 radical (unpaired) electrons. The molecule has 0 aliphatic carbocycles. The number of benzene rings is 1. The zero-order chi connectivity index (χ0) is 21.3. The molecule has 7 heteroatoms. The number of aliphatic hydroxyl groups excluding tert-OH is 1. The number of nitrogens with one attached hydrogen (secondary N) is 1. The lowest BCUT2D eigenvalue weighted by Gasteiger charge is -2.34. The van der Waals surface area contributed by atoms with Crippen molar-refractivity contribution in [2.75, 3.05) is 24.0 Å². The van der Waals surface area contributed by atoms with E-state index >= 15 is 0 Å². The van der Waals surface area contributed by atoms with Crippen molar-refractivity contribution < 1.29 is 16.2 Å². The third-order valence-electron chi connectivity index (χ3n) is 4.12. The van der Waals surface area contributed by atoms with Crippen LogP contribution >= 0.6 is 0 Å². The number of aliphatic imine (C=N–C) groups is 1. The van der Waals surface area contributed by atoms with Crippen LogP contribution in [-0.2, 0) is 9.63 Å². The Kier molecular flexibility index (Phi) is 8.99. The minimum atomic E-state index is -0.548. The summed E-state index contributed by atoms with van der Waals surface area (Å²) in [6, 6.07) is 7.05. The monoisotopic (exact) mass is 392 g/mol. The predicted molar refractivity (Wildman–Crippen MR) is 118 cm³/mol. The zero-order valence-corrected chi connectivity index (χ0v) is 17.8. The molecule has 158 valence electrons. The summed E-state index contributed by atoms with van der Waals surface area (Å²) in [5, 5.41) is 14.7. The van der Waals surface area contributed by atoms with Gasteiger partial charge in [-0.2, -0.15) is 4.99 Å². The van der Waals surface area contributed by atoms with E-state index in [1.165, 1.54) is 6.08 Å². The van der Waals surface area contributed by atoms with Crippen LogP contribution in [0.3, 0.4) is 0 Å². The maximum absolute atomic E-state index is 12.6. The van der Waals surface area contributed by atoms with Gasteiger partial charge in [-0.05, 0) is 37.1 Å². The lowest BCUT2D eigenvalue weighted by Crippen LogP contribution is -2.44. The maximum atomic E-state index is 12.6. The fraction of sp³-hybridized carbons (Fsp3) is 0.524. The number of hydrogen-bond acceptors (Lipinski definition) is 5. The second-order valence-electron chi connectivity index (χ2n) is 7.27. The van der Waals surface area contributed by atoms with Gasteiger partial charge in [0.25, 0.3) is 5.91 Å². The van der Waals surface area contributed by atoms with Crippen LogP contribution in [0.15, 0.2) is 41.1 Å². The Morgan fingerprint density at radius 2 is 1.96 bits per heavy atom. The Bertz CT molecular complexity index is 697. The molecule has 1 aromatic rings. The third-order valence-corrected chi connectivity index (χ3v) is 4.12. The van der Waals surface area contributed by atoms with Crippen LogP contribution in [0.1, 0.15) is 48.9 Å². The quantitative estimate of drug-likeness (QED) is 0.402. The van der Waals surface area contributed by atoms with Crippen molar-refractivity contribution in [1.82, 2.24) is 0 Å². The first-order chi connectivity index (χ1) is 13.2. The van der Waals surface area contributed by atoms with Crippen LogP contribution in [0.4, 0.5) is 11.4 Å². The van der Waals surface area contributed by atoms with E-state index in [0.717, 1.165) is 17.8 Å². The summed E-state index contributed by atoms with van der Waals surface area (Å²) in [7, 11) is 1.84. The molecule has 1 atom stereocenters. The molecule has 0 saturated carbocycles. The number of anilines is 2. The minimum Gasteiger partial charge on any atom is -0.512 e. The number of hydrogen-bond donors (Lipinski definition) is 3. The topological polar surface area (TPSA) is 100 Å². The van der Waals surface area contributed by atoms with E-state index in [4.69, 9.17) is 10.6 Å². The summed E-state index contributed by atoms with van der Waals surface area (Å²) in [4.78, 5) is 22.3. The Morgan fingerprint density at radius 1 is 1.36 bits per heavy atom. The Balaban J connectivity index is 0.00000253. The van der Waals surface area contributed by atoms with Crippen molar-refractivity contribution in [1.29, 1.82) is 0 Å². The molecule has 0 spiro atoms. The van der Waals surface area contributed by atoms with Gasteiger partial charge >= 0.3 is 0 Å². The lowest BCUT2D eigenvalue weighted by atomic mass is 9.93. The van der Waals surface area contributed by atoms with Crippen LogP contribution in [-0.4, -0.2) is 36.5 Å². The van der Waals surface area contributed by atoms with Gasteiger partial charge in [0.1, 0.15) is 17.6 Å². The number of amides is 1. The number of hydroxylamine groups is 1. The SMILES string of the molecule is CC.CNc1ccc(N2OCCC[C@H]2C(=O)N=C(N)/C=C(\O)C(C)(C)C)cc1.[HH]. The highest BCUT2D eigenvalue weighted by molar-refractivity contribution is 6.02. The van der Waals surface area contributed by atoms with E-state index in [-0.39, 0.29) is 13.0 Å². The van der Waals surface area contributed by atoms with Gasteiger partial charge in [0.2, 0.25) is 0 Å². The Labute approximate surface area is 169 Å². The molecule has 0 aromatic heterocycles. The van der Waals surface area contributed by atoms with E-state index in [0.29, 0.717) is 13.0 Å². The molecule has 1 saturated heterocycles. The van der Waals surface area contributed by atoms with Crippen molar-refractivity contribution in [3.8, 4) is 0 Å². The summed E-state index contributed by atoms with van der Waals surface area (Å²) in [6.07, 6.45) is 2.71. The predicted octanol–water partition coefficient (Wildman–Crippen LogP) is 4.27. The standard InChI is InChI=1S/C19H28N4O3.C2H6.H2/c1-19(2,3)16(24)12-17(20)22-18(25)15-6-5-11-26-23(15)14-9-7-13(21-4)8-10-14;1-2;/h7-10,12,15,21,24H,5-6,11H2,1-4H3,(H2,20,22,25);1-2H3;1H/b16-12-;;/t15-;;/m0../s1. The van der Waals surface area contributed by atoms with Gasteiger partial charge in [-0.3, -0.25) is 9.63 Å². The van der Waals surface area contributed by atoms with Crippen molar-refractivity contribution in [2.45, 2.75) is 53.5 Å². The Morgan fingerprint density at radius 3 is 2.50 bits per heavy atom. The van der Waals surface area contributed by atoms with E-state index in [1.54, 1.807) is 5.06 Å². The maximum Gasteiger partial charge on any atom is 0.272 e. The highest BCUT2D eigenvalue weighted by Gasteiger charge is 2.30.